The van der Waals surface area contributed by atoms with Crippen molar-refractivity contribution in [2.45, 2.75) is 45.2 Å². The number of benzene rings is 1. The highest BCUT2D eigenvalue weighted by atomic mass is 35.5. The molecule has 2 saturated carbocycles. The van der Waals surface area contributed by atoms with Crippen molar-refractivity contribution in [2.75, 3.05) is 18.0 Å². The van der Waals surface area contributed by atoms with Crippen LogP contribution in [-0.2, 0) is 6.54 Å². The third-order valence-electron chi connectivity index (χ3n) is 4.12. The Kier molecular flexibility index (Phi) is 3.99. The van der Waals surface area contributed by atoms with Gasteiger partial charge in [0, 0.05) is 36.4 Å². The molecule has 2 aliphatic rings. The Morgan fingerprint density at radius 2 is 2.05 bits per heavy atom. The van der Waals surface area contributed by atoms with Gasteiger partial charge in [0.15, 0.2) is 0 Å². The Bertz CT molecular complexity index is 438. The summed E-state index contributed by atoms with van der Waals surface area (Å²) in [5, 5.41) is 4.42. The van der Waals surface area contributed by atoms with Gasteiger partial charge in [-0.05, 0) is 56.2 Å². The van der Waals surface area contributed by atoms with E-state index in [1.54, 1.807) is 0 Å². The summed E-state index contributed by atoms with van der Waals surface area (Å²) in [6.07, 6.45) is 5.43. The lowest BCUT2D eigenvalue weighted by Crippen LogP contribution is -2.25. The molecule has 104 valence electrons. The summed E-state index contributed by atoms with van der Waals surface area (Å²) < 4.78 is 0. The Morgan fingerprint density at radius 3 is 2.63 bits per heavy atom. The number of rotatable bonds is 7. The van der Waals surface area contributed by atoms with Crippen LogP contribution in [0.1, 0.15) is 38.2 Å². The Labute approximate surface area is 121 Å². The van der Waals surface area contributed by atoms with Gasteiger partial charge in [0.1, 0.15) is 0 Å². The minimum atomic E-state index is 0.734. The lowest BCUT2D eigenvalue weighted by Gasteiger charge is -2.23. The van der Waals surface area contributed by atoms with Crippen molar-refractivity contribution in [3.63, 3.8) is 0 Å². The van der Waals surface area contributed by atoms with E-state index in [4.69, 9.17) is 11.6 Å². The lowest BCUT2D eigenvalue weighted by molar-refractivity contribution is 0.687. The summed E-state index contributed by atoms with van der Waals surface area (Å²) >= 11 is 6.42. The van der Waals surface area contributed by atoms with Crippen LogP contribution in [0, 0.1) is 5.92 Å². The number of halogens is 1. The maximum Gasteiger partial charge on any atom is 0.0471 e. The van der Waals surface area contributed by atoms with E-state index in [0.717, 1.165) is 30.1 Å². The second-order valence-corrected chi connectivity index (χ2v) is 6.32. The predicted octanol–water partition coefficient (Wildman–Crippen LogP) is 3.83. The summed E-state index contributed by atoms with van der Waals surface area (Å²) in [6.45, 7) is 5.37. The van der Waals surface area contributed by atoms with Crippen LogP contribution in [0.2, 0.25) is 5.02 Å². The molecule has 0 bridgehead atoms. The largest absolute Gasteiger partial charge is 0.371 e. The van der Waals surface area contributed by atoms with Crippen molar-refractivity contribution in [3.8, 4) is 0 Å². The number of nitrogens with zero attached hydrogens (tertiary/aromatic N) is 1. The van der Waals surface area contributed by atoms with Crippen molar-refractivity contribution in [3.05, 3.63) is 28.8 Å². The van der Waals surface area contributed by atoms with E-state index in [0.29, 0.717) is 0 Å². The second-order valence-electron chi connectivity index (χ2n) is 5.91. The van der Waals surface area contributed by atoms with Crippen LogP contribution in [0.4, 0.5) is 5.69 Å². The molecule has 1 aromatic carbocycles. The molecule has 2 fully saturated rings. The smallest absolute Gasteiger partial charge is 0.0471 e. The molecule has 1 N–H and O–H groups in total. The Balaban J connectivity index is 1.65. The molecule has 0 spiro atoms. The standard InChI is InChI=1S/C16H23ClN2/c1-2-19(11-12-3-4-12)15-8-5-13(16(17)9-15)10-18-14-6-7-14/h5,8-9,12,14,18H,2-4,6-7,10-11H2,1H3. The molecule has 19 heavy (non-hydrogen) atoms. The van der Waals surface area contributed by atoms with E-state index in [2.05, 4.69) is 35.3 Å². The van der Waals surface area contributed by atoms with Crippen LogP contribution in [0.5, 0.6) is 0 Å². The van der Waals surface area contributed by atoms with Gasteiger partial charge < -0.3 is 10.2 Å². The average Bonchev–Trinajstić information content (AvgIpc) is 3.28. The van der Waals surface area contributed by atoms with Crippen LogP contribution in [0.15, 0.2) is 18.2 Å². The van der Waals surface area contributed by atoms with Crippen molar-refractivity contribution in [1.29, 1.82) is 0 Å². The Morgan fingerprint density at radius 1 is 1.26 bits per heavy atom. The van der Waals surface area contributed by atoms with Crippen molar-refractivity contribution < 1.29 is 0 Å². The van der Waals surface area contributed by atoms with E-state index in [1.807, 2.05) is 0 Å². The summed E-state index contributed by atoms with van der Waals surface area (Å²) in [5.41, 5.74) is 2.49. The minimum Gasteiger partial charge on any atom is -0.371 e. The summed E-state index contributed by atoms with van der Waals surface area (Å²) in [6, 6.07) is 7.28. The first-order valence-electron chi connectivity index (χ1n) is 7.53. The van der Waals surface area contributed by atoms with Crippen molar-refractivity contribution in [2.24, 2.45) is 5.92 Å². The van der Waals surface area contributed by atoms with Crippen LogP contribution < -0.4 is 10.2 Å². The van der Waals surface area contributed by atoms with Crippen LogP contribution in [-0.4, -0.2) is 19.1 Å². The maximum atomic E-state index is 6.42. The first-order valence-corrected chi connectivity index (χ1v) is 7.91. The lowest BCUT2D eigenvalue weighted by atomic mass is 10.1. The molecule has 0 heterocycles. The molecule has 0 atom stereocenters. The van der Waals surface area contributed by atoms with Crippen LogP contribution in [0.25, 0.3) is 0 Å². The first kappa shape index (κ1) is 13.3. The highest BCUT2D eigenvalue weighted by molar-refractivity contribution is 6.31. The summed E-state index contributed by atoms with van der Waals surface area (Å²) in [7, 11) is 0. The fourth-order valence-electron chi connectivity index (χ4n) is 2.45. The highest BCUT2D eigenvalue weighted by Gasteiger charge is 2.24. The molecular formula is C16H23ClN2. The molecule has 0 radical (unpaired) electrons. The number of hydrogen-bond donors (Lipinski definition) is 1. The topological polar surface area (TPSA) is 15.3 Å². The fourth-order valence-corrected chi connectivity index (χ4v) is 2.69. The molecule has 0 unspecified atom stereocenters. The van der Waals surface area contributed by atoms with E-state index < -0.39 is 0 Å². The van der Waals surface area contributed by atoms with Gasteiger partial charge in [-0.15, -0.1) is 0 Å². The van der Waals surface area contributed by atoms with E-state index >= 15 is 0 Å². The van der Waals surface area contributed by atoms with Gasteiger partial charge in [-0.25, -0.2) is 0 Å². The zero-order valence-corrected chi connectivity index (χ0v) is 12.4. The van der Waals surface area contributed by atoms with Gasteiger partial charge in [0.05, 0.1) is 0 Å². The third-order valence-corrected chi connectivity index (χ3v) is 4.47. The number of hydrogen-bond acceptors (Lipinski definition) is 2. The van der Waals surface area contributed by atoms with Crippen LogP contribution >= 0.6 is 11.6 Å². The van der Waals surface area contributed by atoms with Crippen LogP contribution in [0.3, 0.4) is 0 Å². The molecule has 2 aliphatic carbocycles. The van der Waals surface area contributed by atoms with Gasteiger partial charge in [-0.2, -0.15) is 0 Å². The van der Waals surface area contributed by atoms with E-state index in [9.17, 15) is 0 Å². The summed E-state index contributed by atoms with van der Waals surface area (Å²) in [4.78, 5) is 2.45. The molecule has 3 heteroatoms. The summed E-state index contributed by atoms with van der Waals surface area (Å²) in [5.74, 6) is 0.912. The van der Waals surface area contributed by atoms with Gasteiger partial charge in [0.25, 0.3) is 0 Å². The molecule has 2 nitrogen and oxygen atoms in total. The SMILES string of the molecule is CCN(CC1CC1)c1ccc(CNC2CC2)c(Cl)c1. The monoisotopic (exact) mass is 278 g/mol. The van der Waals surface area contributed by atoms with E-state index in [1.165, 1.54) is 43.5 Å². The molecule has 0 aromatic heterocycles. The van der Waals surface area contributed by atoms with Crippen molar-refractivity contribution >= 4 is 17.3 Å². The molecule has 1 aromatic rings. The first-order chi connectivity index (χ1) is 9.26. The molecular weight excluding hydrogens is 256 g/mol. The van der Waals surface area contributed by atoms with Crippen molar-refractivity contribution in [1.82, 2.24) is 5.32 Å². The normalized spacial score (nSPS) is 18.6. The minimum absolute atomic E-state index is 0.734. The molecule has 0 aliphatic heterocycles. The number of anilines is 1. The Hall–Kier alpha value is -0.730. The van der Waals surface area contributed by atoms with Gasteiger partial charge in [0.2, 0.25) is 0 Å². The third kappa shape index (κ3) is 3.64. The zero-order chi connectivity index (χ0) is 13.2. The van der Waals surface area contributed by atoms with Gasteiger partial charge >= 0.3 is 0 Å². The zero-order valence-electron chi connectivity index (χ0n) is 11.7. The van der Waals surface area contributed by atoms with Gasteiger partial charge in [-0.1, -0.05) is 17.7 Å². The van der Waals surface area contributed by atoms with E-state index in [-0.39, 0.29) is 0 Å². The quantitative estimate of drug-likeness (QED) is 0.815. The van der Waals surface area contributed by atoms with Gasteiger partial charge in [-0.3, -0.25) is 0 Å². The highest BCUT2D eigenvalue weighted by Crippen LogP contribution is 2.32. The maximum absolute atomic E-state index is 6.42. The second kappa shape index (κ2) is 5.72. The average molecular weight is 279 g/mol. The fraction of sp³-hybridized carbons (Fsp3) is 0.625. The molecule has 3 rings (SSSR count). The molecule has 0 saturated heterocycles. The molecule has 0 amide bonds. The predicted molar refractivity (Wildman–Crippen MR) is 81.9 cm³/mol. The number of nitrogens with one attached hydrogen (secondary N) is 1.